The van der Waals surface area contributed by atoms with Crippen LogP contribution in [0.3, 0.4) is 0 Å². The number of hydrogen-bond donors (Lipinski definition) is 1. The monoisotopic (exact) mass is 324 g/mol. The molecule has 1 N–H and O–H groups in total. The van der Waals surface area contributed by atoms with Gasteiger partial charge in [0.05, 0.1) is 17.6 Å². The third-order valence-corrected chi connectivity index (χ3v) is 5.91. The van der Waals surface area contributed by atoms with Crippen LogP contribution in [0.15, 0.2) is 35.2 Å². The lowest BCUT2D eigenvalue weighted by molar-refractivity contribution is -0.128. The van der Waals surface area contributed by atoms with E-state index in [2.05, 4.69) is 4.72 Å². The number of benzene rings is 1. The molecule has 2 saturated heterocycles. The van der Waals surface area contributed by atoms with Crippen LogP contribution in [0.2, 0.25) is 0 Å². The van der Waals surface area contributed by atoms with Crippen molar-refractivity contribution in [3.8, 4) is 0 Å². The van der Waals surface area contributed by atoms with Gasteiger partial charge in [-0.2, -0.15) is 0 Å². The van der Waals surface area contributed by atoms with E-state index < -0.39 is 10.0 Å². The van der Waals surface area contributed by atoms with Crippen LogP contribution >= 0.6 is 0 Å². The van der Waals surface area contributed by atoms with Gasteiger partial charge in [-0.15, -0.1) is 0 Å². The third kappa shape index (κ3) is 3.02. The van der Waals surface area contributed by atoms with Gasteiger partial charge >= 0.3 is 0 Å². The molecule has 2 aliphatic heterocycles. The summed E-state index contributed by atoms with van der Waals surface area (Å²) in [5, 5.41) is 0. The van der Waals surface area contributed by atoms with Gasteiger partial charge in [-0.1, -0.05) is 18.2 Å². The average Bonchev–Trinajstić information content (AvgIpc) is 3.07. The minimum atomic E-state index is -3.49. The lowest BCUT2D eigenvalue weighted by Gasteiger charge is -2.19. The number of hydrogen-bond acceptors (Lipinski definition) is 4. The van der Waals surface area contributed by atoms with Crippen molar-refractivity contribution in [3.63, 3.8) is 0 Å². The van der Waals surface area contributed by atoms with Gasteiger partial charge in [0.2, 0.25) is 15.9 Å². The van der Waals surface area contributed by atoms with Crippen molar-refractivity contribution in [3.05, 3.63) is 30.3 Å². The van der Waals surface area contributed by atoms with Crippen LogP contribution in [-0.4, -0.2) is 51.6 Å². The van der Waals surface area contributed by atoms with Crippen LogP contribution in [-0.2, 0) is 19.6 Å². The summed E-state index contributed by atoms with van der Waals surface area (Å²) in [6, 6.07) is 8.33. The number of sulfonamides is 1. The molecule has 0 saturated carbocycles. The van der Waals surface area contributed by atoms with Crippen molar-refractivity contribution in [1.82, 2.24) is 9.62 Å². The van der Waals surface area contributed by atoms with Crippen molar-refractivity contribution in [1.29, 1.82) is 0 Å². The second-order valence-electron chi connectivity index (χ2n) is 5.88. The van der Waals surface area contributed by atoms with Crippen molar-refractivity contribution in [2.24, 2.45) is 11.8 Å². The molecule has 0 spiro atoms. The van der Waals surface area contributed by atoms with Crippen LogP contribution in [0.4, 0.5) is 0 Å². The minimum Gasteiger partial charge on any atom is -0.376 e. The number of fused-ring (bicyclic) bond motifs is 1. The van der Waals surface area contributed by atoms with E-state index in [-0.39, 0.29) is 28.7 Å². The smallest absolute Gasteiger partial charge is 0.240 e. The normalized spacial score (nSPS) is 27.9. The second-order valence-corrected chi connectivity index (χ2v) is 7.65. The van der Waals surface area contributed by atoms with Gasteiger partial charge in [0.25, 0.3) is 0 Å². The van der Waals surface area contributed by atoms with E-state index in [0.717, 1.165) is 0 Å². The van der Waals surface area contributed by atoms with Gasteiger partial charge in [-0.25, -0.2) is 13.1 Å². The molecule has 0 unspecified atom stereocenters. The predicted octanol–water partition coefficient (Wildman–Crippen LogP) is 0.458. The number of amides is 1. The molecule has 1 amide bonds. The van der Waals surface area contributed by atoms with Gasteiger partial charge in [0, 0.05) is 38.4 Å². The lowest BCUT2D eigenvalue weighted by atomic mass is 9.93. The van der Waals surface area contributed by atoms with Gasteiger partial charge in [-0.05, 0) is 12.1 Å². The highest BCUT2D eigenvalue weighted by Gasteiger charge is 2.44. The summed E-state index contributed by atoms with van der Waals surface area (Å²) >= 11 is 0. The SMILES string of the molecule is CC(=O)N1C[C@@H]2[C@H](CNS(=O)(=O)c3ccccc3)CO[C@@H]2C1. The van der Waals surface area contributed by atoms with Crippen LogP contribution in [0, 0.1) is 11.8 Å². The zero-order chi connectivity index (χ0) is 15.7. The zero-order valence-electron chi connectivity index (χ0n) is 12.4. The number of ether oxygens (including phenoxy) is 1. The standard InChI is InChI=1S/C15H20N2O4S/c1-11(18)17-8-14-12(10-21-15(14)9-17)7-16-22(19,20)13-5-3-2-4-6-13/h2-6,12,14-16H,7-10H2,1H3/t12-,14-,15-/m1/s1. The van der Waals surface area contributed by atoms with Crippen LogP contribution in [0.5, 0.6) is 0 Å². The van der Waals surface area contributed by atoms with Crippen molar-refractivity contribution >= 4 is 15.9 Å². The zero-order valence-corrected chi connectivity index (χ0v) is 13.3. The first-order valence-corrected chi connectivity index (χ1v) is 8.87. The summed E-state index contributed by atoms with van der Waals surface area (Å²) in [4.78, 5) is 13.5. The molecule has 0 aliphatic carbocycles. The Balaban J connectivity index is 1.62. The molecule has 3 atom stereocenters. The maximum atomic E-state index is 12.2. The quantitative estimate of drug-likeness (QED) is 0.873. The van der Waals surface area contributed by atoms with Gasteiger partial charge in [0.15, 0.2) is 0 Å². The fourth-order valence-corrected chi connectivity index (χ4v) is 4.28. The van der Waals surface area contributed by atoms with E-state index >= 15 is 0 Å². The van der Waals surface area contributed by atoms with Crippen LogP contribution < -0.4 is 4.72 Å². The summed E-state index contributed by atoms with van der Waals surface area (Å²) in [5.41, 5.74) is 0. The summed E-state index contributed by atoms with van der Waals surface area (Å²) in [6.07, 6.45) is 0.0372. The average molecular weight is 324 g/mol. The Kier molecular flexibility index (Phi) is 4.20. The molecule has 1 aromatic rings. The fourth-order valence-electron chi connectivity index (χ4n) is 3.17. The Morgan fingerprint density at radius 1 is 1.32 bits per heavy atom. The molecule has 2 aliphatic rings. The Hall–Kier alpha value is -1.44. The maximum absolute atomic E-state index is 12.2. The summed E-state index contributed by atoms with van der Waals surface area (Å²) < 4.78 is 32.8. The molecule has 7 heteroatoms. The summed E-state index contributed by atoms with van der Waals surface area (Å²) in [7, 11) is -3.49. The van der Waals surface area contributed by atoms with E-state index in [4.69, 9.17) is 4.74 Å². The molecule has 2 fully saturated rings. The Morgan fingerprint density at radius 3 is 2.73 bits per heavy atom. The molecule has 0 bridgehead atoms. The highest BCUT2D eigenvalue weighted by Crippen LogP contribution is 2.33. The Bertz CT molecular complexity index is 647. The first-order chi connectivity index (χ1) is 10.5. The number of nitrogens with zero attached hydrogens (tertiary/aromatic N) is 1. The number of carbonyl (C=O) groups excluding carboxylic acids is 1. The van der Waals surface area contributed by atoms with Crippen molar-refractivity contribution in [2.45, 2.75) is 17.9 Å². The number of rotatable bonds is 4. The lowest BCUT2D eigenvalue weighted by Crippen LogP contribution is -2.34. The summed E-state index contributed by atoms with van der Waals surface area (Å²) in [6.45, 7) is 3.69. The first-order valence-electron chi connectivity index (χ1n) is 7.39. The predicted molar refractivity (Wildman–Crippen MR) is 80.6 cm³/mol. The van der Waals surface area contributed by atoms with Crippen LogP contribution in [0.1, 0.15) is 6.92 Å². The van der Waals surface area contributed by atoms with Crippen LogP contribution in [0.25, 0.3) is 0 Å². The molecular weight excluding hydrogens is 304 g/mol. The molecular formula is C15H20N2O4S. The fraction of sp³-hybridized carbons (Fsp3) is 0.533. The summed E-state index contributed by atoms with van der Waals surface area (Å²) in [5.74, 6) is 0.358. The van der Waals surface area contributed by atoms with E-state index in [1.54, 1.807) is 42.2 Å². The highest BCUT2D eigenvalue weighted by atomic mass is 32.2. The van der Waals surface area contributed by atoms with E-state index in [1.165, 1.54) is 0 Å². The number of likely N-dealkylation sites (tertiary alicyclic amines) is 1. The highest BCUT2D eigenvalue weighted by molar-refractivity contribution is 7.89. The first kappa shape index (κ1) is 15.5. The molecule has 0 aromatic heterocycles. The Labute approximate surface area is 130 Å². The van der Waals surface area contributed by atoms with Gasteiger partial charge in [0.1, 0.15) is 0 Å². The second kappa shape index (κ2) is 5.98. The van der Waals surface area contributed by atoms with E-state index in [1.807, 2.05) is 0 Å². The largest absolute Gasteiger partial charge is 0.376 e. The number of carbonyl (C=O) groups is 1. The molecule has 22 heavy (non-hydrogen) atoms. The third-order valence-electron chi connectivity index (χ3n) is 4.47. The van der Waals surface area contributed by atoms with Gasteiger partial charge in [-0.3, -0.25) is 4.79 Å². The molecule has 0 radical (unpaired) electrons. The van der Waals surface area contributed by atoms with Crippen molar-refractivity contribution < 1.29 is 17.9 Å². The minimum absolute atomic E-state index is 0.0372. The molecule has 6 nitrogen and oxygen atoms in total. The van der Waals surface area contributed by atoms with E-state index in [0.29, 0.717) is 26.2 Å². The van der Waals surface area contributed by atoms with Crippen molar-refractivity contribution in [2.75, 3.05) is 26.2 Å². The van der Waals surface area contributed by atoms with Gasteiger partial charge < -0.3 is 9.64 Å². The molecule has 2 heterocycles. The molecule has 1 aromatic carbocycles. The number of nitrogens with one attached hydrogen (secondary N) is 1. The topological polar surface area (TPSA) is 75.7 Å². The van der Waals surface area contributed by atoms with E-state index in [9.17, 15) is 13.2 Å². The Morgan fingerprint density at radius 2 is 2.05 bits per heavy atom. The molecule has 120 valence electrons. The maximum Gasteiger partial charge on any atom is 0.240 e. The molecule has 3 rings (SSSR count).